The summed E-state index contributed by atoms with van der Waals surface area (Å²) in [5.41, 5.74) is 3.05. The van der Waals surface area contributed by atoms with Crippen molar-refractivity contribution in [2.24, 2.45) is 5.92 Å². The van der Waals surface area contributed by atoms with Crippen molar-refractivity contribution in [1.82, 2.24) is 26.2 Å². The summed E-state index contributed by atoms with van der Waals surface area (Å²) >= 11 is 0. The Kier molecular flexibility index (Phi) is 6.18. The number of halogens is 1. The second kappa shape index (κ2) is 9.36. The first-order chi connectivity index (χ1) is 15.5. The smallest absolute Gasteiger partial charge is 0.251 e. The Bertz CT molecular complexity index is 1230. The van der Waals surface area contributed by atoms with Gasteiger partial charge in [-0.15, -0.1) is 5.10 Å². The summed E-state index contributed by atoms with van der Waals surface area (Å²) in [4.78, 5) is 25.5. The number of carbonyl (C=O) groups is 2. The maximum atomic E-state index is 13.2. The molecule has 1 aromatic heterocycles. The molecule has 0 aliphatic rings. The number of hydrogen-bond acceptors (Lipinski definition) is 5. The summed E-state index contributed by atoms with van der Waals surface area (Å²) in [6.07, 6.45) is 1.67. The van der Waals surface area contributed by atoms with Crippen LogP contribution in [0.2, 0.25) is 0 Å². The Labute approximate surface area is 182 Å². The van der Waals surface area contributed by atoms with E-state index >= 15 is 0 Å². The number of aromatic amines is 1. The molecule has 32 heavy (non-hydrogen) atoms. The van der Waals surface area contributed by atoms with Crippen LogP contribution in [0.1, 0.15) is 27.7 Å². The van der Waals surface area contributed by atoms with Crippen LogP contribution >= 0.6 is 0 Å². The van der Waals surface area contributed by atoms with Gasteiger partial charge in [0.05, 0.1) is 12.0 Å². The van der Waals surface area contributed by atoms with Crippen LogP contribution in [-0.4, -0.2) is 32.4 Å². The van der Waals surface area contributed by atoms with Crippen molar-refractivity contribution >= 4 is 22.6 Å². The fourth-order valence-electron chi connectivity index (χ4n) is 3.63. The second-order valence-electron chi connectivity index (χ2n) is 7.32. The minimum atomic E-state index is -0.912. The maximum Gasteiger partial charge on any atom is 0.251 e. The molecule has 0 aliphatic carbocycles. The fraction of sp³-hybridized carbons (Fsp3) is 0.130. The third-order valence-corrected chi connectivity index (χ3v) is 5.27. The molecule has 0 fully saturated rings. The lowest BCUT2D eigenvalue weighted by molar-refractivity contribution is -0.134. The van der Waals surface area contributed by atoms with Crippen LogP contribution in [0.15, 0.2) is 72.9 Å². The van der Waals surface area contributed by atoms with Gasteiger partial charge in [0.1, 0.15) is 11.5 Å². The predicted octanol–water partition coefficient (Wildman–Crippen LogP) is 2.93. The van der Waals surface area contributed by atoms with Gasteiger partial charge in [0, 0.05) is 11.8 Å². The molecule has 2 atom stereocenters. The number of aromatic nitrogens is 3. The van der Waals surface area contributed by atoms with E-state index in [-0.39, 0.29) is 12.0 Å². The number of nitrogens with zero attached hydrogens (tertiary/aromatic N) is 2. The Morgan fingerprint density at radius 3 is 2.47 bits per heavy atom. The molecule has 4 N–H and O–H groups in total. The molecule has 2 unspecified atom stereocenters. The van der Waals surface area contributed by atoms with Gasteiger partial charge >= 0.3 is 0 Å². The van der Waals surface area contributed by atoms with Crippen LogP contribution in [0.3, 0.4) is 0 Å². The van der Waals surface area contributed by atoms with E-state index < -0.39 is 29.6 Å². The molecule has 0 saturated heterocycles. The average Bonchev–Trinajstić information content (AvgIpc) is 3.35. The molecule has 2 amide bonds. The van der Waals surface area contributed by atoms with Crippen molar-refractivity contribution in [3.05, 3.63) is 95.6 Å². The number of carbonyl (C=O) groups excluding carboxylic acids is 2. The van der Waals surface area contributed by atoms with E-state index in [1.807, 2.05) is 42.5 Å². The van der Waals surface area contributed by atoms with Crippen LogP contribution in [0.4, 0.5) is 4.39 Å². The zero-order valence-electron chi connectivity index (χ0n) is 16.8. The second-order valence-corrected chi connectivity index (χ2v) is 7.32. The molecule has 162 valence electrons. The normalized spacial score (nSPS) is 12.8. The molecule has 9 heteroatoms. The highest BCUT2D eigenvalue weighted by molar-refractivity contribution is 5.95. The topological polar surface area (TPSA) is 120 Å². The summed E-state index contributed by atoms with van der Waals surface area (Å²) in [7, 11) is 0. The number of fused-ring (bicyclic) bond motifs is 1. The Balaban J connectivity index is 1.66. The van der Waals surface area contributed by atoms with Gasteiger partial charge in [-0.3, -0.25) is 19.9 Å². The zero-order chi connectivity index (χ0) is 22.5. The number of H-pyrrole nitrogens is 1. The molecule has 0 bridgehead atoms. The van der Waals surface area contributed by atoms with Gasteiger partial charge in [0.15, 0.2) is 0 Å². The van der Waals surface area contributed by atoms with E-state index in [1.165, 1.54) is 30.5 Å². The fourth-order valence-corrected chi connectivity index (χ4v) is 3.63. The Morgan fingerprint density at radius 2 is 1.78 bits per heavy atom. The van der Waals surface area contributed by atoms with Gasteiger partial charge in [-0.1, -0.05) is 47.7 Å². The SMILES string of the molecule is O=C(NC(c1c[nH]nn1)C(Cc1ccc2ccccc2c1)C(=O)NO)c1ccc(F)cc1. The summed E-state index contributed by atoms with van der Waals surface area (Å²) in [6.45, 7) is 0. The number of benzene rings is 3. The molecule has 8 nitrogen and oxygen atoms in total. The zero-order valence-corrected chi connectivity index (χ0v) is 16.8. The van der Waals surface area contributed by atoms with Gasteiger partial charge in [0.25, 0.3) is 5.91 Å². The molecule has 4 rings (SSSR count). The van der Waals surface area contributed by atoms with Crippen LogP contribution in [0.25, 0.3) is 10.8 Å². The summed E-state index contributed by atoms with van der Waals surface area (Å²) in [5, 5.41) is 24.4. The lowest BCUT2D eigenvalue weighted by Gasteiger charge is -2.25. The van der Waals surface area contributed by atoms with E-state index in [0.29, 0.717) is 5.69 Å². The highest BCUT2D eigenvalue weighted by atomic mass is 19.1. The van der Waals surface area contributed by atoms with Crippen LogP contribution in [0.5, 0.6) is 0 Å². The quantitative estimate of drug-likeness (QED) is 0.264. The molecule has 3 aromatic carbocycles. The molecule has 0 saturated carbocycles. The van der Waals surface area contributed by atoms with Crippen molar-refractivity contribution in [2.45, 2.75) is 12.5 Å². The van der Waals surface area contributed by atoms with E-state index in [1.54, 1.807) is 5.48 Å². The van der Waals surface area contributed by atoms with Crippen molar-refractivity contribution in [2.75, 3.05) is 0 Å². The van der Waals surface area contributed by atoms with Crippen LogP contribution in [-0.2, 0) is 11.2 Å². The van der Waals surface area contributed by atoms with Crippen LogP contribution < -0.4 is 10.8 Å². The molecular formula is C23H20FN5O3. The van der Waals surface area contributed by atoms with Gasteiger partial charge in [0.2, 0.25) is 5.91 Å². The standard InChI is InChI=1S/C23H20FN5O3/c24-18-9-7-16(8-10-18)22(30)26-21(20-13-25-29-27-20)19(23(31)28-32)12-14-5-6-15-3-1-2-4-17(15)11-14/h1-11,13,19,21,32H,12H2,(H,26,30)(H,28,31)(H,25,27,29). The first-order valence-corrected chi connectivity index (χ1v) is 9.89. The number of hydrogen-bond donors (Lipinski definition) is 4. The third-order valence-electron chi connectivity index (χ3n) is 5.27. The number of rotatable bonds is 7. The van der Waals surface area contributed by atoms with Crippen molar-refractivity contribution < 1.29 is 19.2 Å². The number of amides is 2. The lowest BCUT2D eigenvalue weighted by Crippen LogP contribution is -2.42. The van der Waals surface area contributed by atoms with Crippen molar-refractivity contribution in [3.63, 3.8) is 0 Å². The Hall–Kier alpha value is -4.11. The predicted molar refractivity (Wildman–Crippen MR) is 114 cm³/mol. The number of hydroxylamine groups is 1. The molecule has 0 aliphatic heterocycles. The molecule has 0 radical (unpaired) electrons. The summed E-state index contributed by atoms with van der Waals surface area (Å²) in [6, 6.07) is 17.7. The first-order valence-electron chi connectivity index (χ1n) is 9.89. The Morgan fingerprint density at radius 1 is 1.03 bits per heavy atom. The number of nitrogens with one attached hydrogen (secondary N) is 3. The van der Waals surface area contributed by atoms with Gasteiger partial charge in [-0.2, -0.15) is 0 Å². The average molecular weight is 433 g/mol. The van der Waals surface area contributed by atoms with Crippen LogP contribution in [0, 0.1) is 11.7 Å². The van der Waals surface area contributed by atoms with Crippen molar-refractivity contribution in [3.8, 4) is 0 Å². The van der Waals surface area contributed by atoms with E-state index in [4.69, 9.17) is 0 Å². The molecular weight excluding hydrogens is 413 g/mol. The summed E-state index contributed by atoms with van der Waals surface area (Å²) < 4.78 is 13.2. The van der Waals surface area contributed by atoms with Gasteiger partial charge in [-0.25, -0.2) is 9.87 Å². The minimum absolute atomic E-state index is 0.207. The van der Waals surface area contributed by atoms with E-state index in [9.17, 15) is 19.2 Å². The maximum absolute atomic E-state index is 13.2. The highest BCUT2D eigenvalue weighted by Crippen LogP contribution is 2.26. The largest absolute Gasteiger partial charge is 0.343 e. The molecule has 1 heterocycles. The molecule has 4 aromatic rings. The van der Waals surface area contributed by atoms with E-state index in [2.05, 4.69) is 20.7 Å². The minimum Gasteiger partial charge on any atom is -0.343 e. The lowest BCUT2D eigenvalue weighted by atomic mass is 9.88. The first kappa shape index (κ1) is 21.1. The van der Waals surface area contributed by atoms with Crippen molar-refractivity contribution in [1.29, 1.82) is 0 Å². The van der Waals surface area contributed by atoms with Gasteiger partial charge < -0.3 is 5.32 Å². The van der Waals surface area contributed by atoms with Gasteiger partial charge in [-0.05, 0) is 47.0 Å². The third kappa shape index (κ3) is 4.62. The highest BCUT2D eigenvalue weighted by Gasteiger charge is 2.33. The summed E-state index contributed by atoms with van der Waals surface area (Å²) in [5.74, 6) is -2.59. The monoisotopic (exact) mass is 433 g/mol. The van der Waals surface area contributed by atoms with E-state index in [0.717, 1.165) is 16.3 Å². The molecule has 0 spiro atoms.